The molecule has 274 valence electrons. The second kappa shape index (κ2) is 13.4. The summed E-state index contributed by atoms with van der Waals surface area (Å²) >= 11 is 0. The van der Waals surface area contributed by atoms with Gasteiger partial charge in [-0.15, -0.1) is 0 Å². The predicted octanol–water partition coefficient (Wildman–Crippen LogP) is 6.89. The largest absolute Gasteiger partial charge is 0.494 e. The molecular formula is C40H38N2O11. The van der Waals surface area contributed by atoms with E-state index in [1.54, 1.807) is 67.6 Å². The summed E-state index contributed by atoms with van der Waals surface area (Å²) in [5.74, 6) is -2.68. The average Bonchev–Trinajstić information content (AvgIpc) is 3.80. The predicted molar refractivity (Wildman–Crippen MR) is 189 cm³/mol. The number of esters is 3. The quantitative estimate of drug-likeness (QED) is 0.0919. The highest BCUT2D eigenvalue weighted by atomic mass is 16.5. The zero-order valence-corrected chi connectivity index (χ0v) is 29.6. The van der Waals surface area contributed by atoms with E-state index in [2.05, 4.69) is 0 Å². The molecule has 3 aromatic carbocycles. The summed E-state index contributed by atoms with van der Waals surface area (Å²) in [5, 5.41) is 47.1. The van der Waals surface area contributed by atoms with E-state index in [-0.39, 0.29) is 29.4 Å². The molecule has 0 amide bonds. The van der Waals surface area contributed by atoms with Crippen LogP contribution in [0.3, 0.4) is 0 Å². The highest BCUT2D eigenvalue weighted by Crippen LogP contribution is 2.70. The van der Waals surface area contributed by atoms with Gasteiger partial charge in [0, 0.05) is 43.7 Å². The van der Waals surface area contributed by atoms with E-state index in [4.69, 9.17) is 18.9 Å². The lowest BCUT2D eigenvalue weighted by Gasteiger charge is -2.34. The van der Waals surface area contributed by atoms with Gasteiger partial charge in [0.05, 0.1) is 34.7 Å². The normalized spacial score (nSPS) is 19.1. The number of ether oxygens (including phenoxy) is 4. The number of carbonyl (C=O) groups excluding carboxylic acids is 3. The third-order valence-corrected chi connectivity index (χ3v) is 10.1. The Morgan fingerprint density at radius 3 is 1.45 bits per heavy atom. The Balaban J connectivity index is 1.37. The molecule has 7 rings (SSSR count). The molecule has 0 aliphatic carbocycles. The summed E-state index contributed by atoms with van der Waals surface area (Å²) in [6.45, 7) is 7.61. The Morgan fingerprint density at radius 1 is 0.623 bits per heavy atom. The second-order valence-electron chi connectivity index (χ2n) is 13.3. The molecule has 2 bridgehead atoms. The molecule has 0 radical (unpaired) electrons. The van der Waals surface area contributed by atoms with E-state index in [0.717, 1.165) is 5.56 Å². The fourth-order valence-electron chi connectivity index (χ4n) is 8.08. The molecule has 5 aromatic rings. The van der Waals surface area contributed by atoms with Crippen LogP contribution in [0.5, 0.6) is 40.8 Å². The van der Waals surface area contributed by atoms with E-state index in [1.165, 1.54) is 29.9 Å². The number of benzene rings is 3. The molecule has 4 heterocycles. The Morgan fingerprint density at radius 2 is 1.02 bits per heavy atom. The van der Waals surface area contributed by atoms with Gasteiger partial charge in [-0.2, -0.15) is 0 Å². The molecule has 0 spiro atoms. The monoisotopic (exact) mass is 722 g/mol. The number of hydrogen-bond donors (Lipinski definition) is 4. The first-order valence-electron chi connectivity index (χ1n) is 17.1. The topological polar surface area (TPSA) is 179 Å². The molecule has 13 nitrogen and oxygen atoms in total. The van der Waals surface area contributed by atoms with E-state index < -0.39 is 42.0 Å². The SMILES string of the molecule is CCC(c1ccc(OC(C)=O)cc1)C1C2OC(c3c2c(O)n(-c2ccc(OC(C)=O)cc2)c3O)C1c1c(C)c(O)n(-c2ccc(OC(C)=O)cc2)c1O. The Labute approximate surface area is 304 Å². The fourth-order valence-corrected chi connectivity index (χ4v) is 8.08. The fraction of sp³-hybridized carbons (Fsp3) is 0.275. The first kappa shape index (κ1) is 35.2. The number of fused-ring (bicyclic) bond motifs is 5. The summed E-state index contributed by atoms with van der Waals surface area (Å²) in [7, 11) is 0. The van der Waals surface area contributed by atoms with Crippen LogP contribution in [0, 0.1) is 12.8 Å². The average molecular weight is 723 g/mol. The van der Waals surface area contributed by atoms with Crippen molar-refractivity contribution in [2.75, 3.05) is 0 Å². The van der Waals surface area contributed by atoms with E-state index in [9.17, 15) is 34.8 Å². The van der Waals surface area contributed by atoms with Crippen LogP contribution in [0.2, 0.25) is 0 Å². The van der Waals surface area contributed by atoms with Gasteiger partial charge in [0.1, 0.15) is 17.2 Å². The van der Waals surface area contributed by atoms with Crippen LogP contribution < -0.4 is 14.2 Å². The molecule has 4 N–H and O–H groups in total. The molecule has 13 heteroatoms. The Bertz CT molecular complexity index is 2230. The van der Waals surface area contributed by atoms with Crippen molar-refractivity contribution in [2.24, 2.45) is 5.92 Å². The lowest BCUT2D eigenvalue weighted by Crippen LogP contribution is -2.26. The molecule has 2 aliphatic heterocycles. The van der Waals surface area contributed by atoms with Crippen molar-refractivity contribution in [3.8, 4) is 52.1 Å². The van der Waals surface area contributed by atoms with Crippen molar-refractivity contribution < 1.29 is 53.8 Å². The van der Waals surface area contributed by atoms with Crippen LogP contribution in [0.15, 0.2) is 72.8 Å². The third kappa shape index (κ3) is 5.92. The summed E-state index contributed by atoms with van der Waals surface area (Å²) < 4.78 is 24.9. The van der Waals surface area contributed by atoms with Gasteiger partial charge in [-0.1, -0.05) is 19.1 Å². The first-order chi connectivity index (χ1) is 25.3. The molecule has 53 heavy (non-hydrogen) atoms. The van der Waals surface area contributed by atoms with Gasteiger partial charge in [0.25, 0.3) is 0 Å². The van der Waals surface area contributed by atoms with Crippen LogP contribution >= 0.6 is 0 Å². The highest BCUT2D eigenvalue weighted by Gasteiger charge is 2.60. The number of rotatable bonds is 9. The zero-order valence-electron chi connectivity index (χ0n) is 29.6. The van der Waals surface area contributed by atoms with Crippen molar-refractivity contribution >= 4 is 17.9 Å². The van der Waals surface area contributed by atoms with Crippen LogP contribution in [-0.4, -0.2) is 47.5 Å². The smallest absolute Gasteiger partial charge is 0.308 e. The molecule has 1 saturated heterocycles. The van der Waals surface area contributed by atoms with E-state index in [0.29, 0.717) is 57.3 Å². The standard InChI is InChI=1S/C40H38N2O11/c1-6-29(23-7-13-26(14-8-23)50-20(3)43)31-32(30-19(2)37(46)41(38(30)47)24-9-15-27(16-10-24)51-21(4)44)36-34-33(35(31)53-36)39(48)42(40(34)49)25-11-17-28(18-12-25)52-22(5)45/h7-18,29,31-32,35-36,46-49H,6H2,1-5H3. The molecule has 5 unspecified atom stereocenters. The zero-order chi connectivity index (χ0) is 37.9. The number of aromatic nitrogens is 2. The maximum absolute atomic E-state index is 12.0. The second-order valence-corrected chi connectivity index (χ2v) is 13.3. The lowest BCUT2D eigenvalue weighted by atomic mass is 9.66. The van der Waals surface area contributed by atoms with Crippen molar-refractivity contribution in [1.82, 2.24) is 9.13 Å². The molecule has 5 atom stereocenters. The molecule has 0 saturated carbocycles. The van der Waals surface area contributed by atoms with Gasteiger partial charge in [0.15, 0.2) is 0 Å². The maximum atomic E-state index is 12.0. The van der Waals surface area contributed by atoms with Gasteiger partial charge in [0.2, 0.25) is 23.5 Å². The molecular weight excluding hydrogens is 684 g/mol. The minimum Gasteiger partial charge on any atom is -0.494 e. The van der Waals surface area contributed by atoms with Crippen LogP contribution in [0.25, 0.3) is 11.4 Å². The third-order valence-electron chi connectivity index (χ3n) is 10.1. The minimum absolute atomic E-state index is 0.212. The van der Waals surface area contributed by atoms with E-state index >= 15 is 0 Å². The summed E-state index contributed by atoms with van der Waals surface area (Å²) in [5.41, 5.74) is 3.27. The van der Waals surface area contributed by atoms with E-state index in [1.807, 2.05) is 19.1 Å². The lowest BCUT2D eigenvalue weighted by molar-refractivity contribution is -0.132. The number of hydrogen-bond acceptors (Lipinski definition) is 11. The summed E-state index contributed by atoms with van der Waals surface area (Å²) in [6.07, 6.45) is -1.00. The maximum Gasteiger partial charge on any atom is 0.308 e. The first-order valence-corrected chi connectivity index (χ1v) is 17.1. The van der Waals surface area contributed by atoms with Crippen molar-refractivity contribution in [3.63, 3.8) is 0 Å². The molecule has 2 aromatic heterocycles. The number of nitrogens with zero attached hydrogens (tertiary/aromatic N) is 2. The highest BCUT2D eigenvalue weighted by molar-refractivity contribution is 5.71. The van der Waals surface area contributed by atoms with Crippen molar-refractivity contribution in [2.45, 2.75) is 65.1 Å². The molecule has 2 aliphatic rings. The Kier molecular flexibility index (Phi) is 8.90. The minimum atomic E-state index is -0.854. The molecule has 1 fully saturated rings. The van der Waals surface area contributed by atoms with Crippen molar-refractivity contribution in [1.29, 1.82) is 0 Å². The van der Waals surface area contributed by atoms with Gasteiger partial charge >= 0.3 is 17.9 Å². The number of carbonyl (C=O) groups is 3. The summed E-state index contributed by atoms with van der Waals surface area (Å²) in [4.78, 5) is 34.6. The number of aromatic hydroxyl groups is 4. The summed E-state index contributed by atoms with van der Waals surface area (Å²) in [6, 6.07) is 19.8. The van der Waals surface area contributed by atoms with Gasteiger partial charge in [-0.05, 0) is 85.5 Å². The van der Waals surface area contributed by atoms with Gasteiger partial charge < -0.3 is 39.4 Å². The van der Waals surface area contributed by atoms with Crippen LogP contribution in [-0.2, 0) is 19.1 Å². The van der Waals surface area contributed by atoms with Gasteiger partial charge in [-0.3, -0.25) is 23.5 Å². The van der Waals surface area contributed by atoms with Gasteiger partial charge in [-0.25, -0.2) is 0 Å². The van der Waals surface area contributed by atoms with Crippen LogP contribution in [0.1, 0.15) is 86.0 Å². The Hall–Kier alpha value is -6.21. The van der Waals surface area contributed by atoms with Crippen LogP contribution in [0.4, 0.5) is 0 Å². The van der Waals surface area contributed by atoms with Crippen molar-refractivity contribution in [3.05, 3.63) is 101 Å².